The summed E-state index contributed by atoms with van der Waals surface area (Å²) in [6.07, 6.45) is 0. The van der Waals surface area contributed by atoms with Crippen LogP contribution < -0.4 is 10.5 Å². The fourth-order valence-electron chi connectivity index (χ4n) is 1.73. The van der Waals surface area contributed by atoms with Gasteiger partial charge in [0, 0.05) is 11.6 Å². The Balaban J connectivity index is 2.40. The van der Waals surface area contributed by atoms with Crippen LogP contribution in [0.5, 0.6) is 11.5 Å². The van der Waals surface area contributed by atoms with Gasteiger partial charge in [0.25, 0.3) is 0 Å². The van der Waals surface area contributed by atoms with Gasteiger partial charge in [-0.15, -0.1) is 0 Å². The molecule has 2 nitrogen and oxygen atoms in total. The van der Waals surface area contributed by atoms with E-state index in [9.17, 15) is 4.39 Å². The number of ether oxygens (including phenoxy) is 1. The normalized spacial score (nSPS) is 12.2. The van der Waals surface area contributed by atoms with Crippen molar-refractivity contribution in [2.45, 2.75) is 19.9 Å². The molecule has 0 aliphatic heterocycles. The van der Waals surface area contributed by atoms with Crippen LogP contribution in [0.2, 0.25) is 0 Å². The summed E-state index contributed by atoms with van der Waals surface area (Å²) >= 11 is 0. The number of hydrogen-bond acceptors (Lipinski definition) is 2. The van der Waals surface area contributed by atoms with Gasteiger partial charge in [0.15, 0.2) is 0 Å². The highest BCUT2D eigenvalue weighted by molar-refractivity contribution is 5.42. The zero-order valence-electron chi connectivity index (χ0n) is 10.5. The average molecular weight is 245 g/mol. The van der Waals surface area contributed by atoms with Crippen molar-refractivity contribution >= 4 is 0 Å². The van der Waals surface area contributed by atoms with Crippen LogP contribution in [0.25, 0.3) is 0 Å². The van der Waals surface area contributed by atoms with Gasteiger partial charge < -0.3 is 10.5 Å². The van der Waals surface area contributed by atoms with E-state index in [2.05, 4.69) is 0 Å². The third-order valence-corrected chi connectivity index (χ3v) is 2.75. The fourth-order valence-corrected chi connectivity index (χ4v) is 1.73. The first-order chi connectivity index (χ1) is 8.58. The number of hydrogen-bond donors (Lipinski definition) is 1. The van der Waals surface area contributed by atoms with Gasteiger partial charge in [-0.1, -0.05) is 18.2 Å². The molecule has 0 aliphatic rings. The molecule has 1 unspecified atom stereocenters. The van der Waals surface area contributed by atoms with E-state index in [0.29, 0.717) is 22.6 Å². The molecule has 0 saturated carbocycles. The molecule has 0 heterocycles. The lowest BCUT2D eigenvalue weighted by atomic mass is 10.1. The largest absolute Gasteiger partial charge is 0.457 e. The highest BCUT2D eigenvalue weighted by Gasteiger charge is 2.12. The van der Waals surface area contributed by atoms with E-state index in [1.807, 2.05) is 37.3 Å². The molecule has 3 heteroatoms. The number of nitrogens with two attached hydrogens (primary N) is 1. The smallest absolute Gasteiger partial charge is 0.132 e. The quantitative estimate of drug-likeness (QED) is 0.888. The van der Waals surface area contributed by atoms with Gasteiger partial charge >= 0.3 is 0 Å². The first kappa shape index (κ1) is 12.6. The number of halogens is 1. The van der Waals surface area contributed by atoms with Gasteiger partial charge in [0.2, 0.25) is 0 Å². The summed E-state index contributed by atoms with van der Waals surface area (Å²) in [6, 6.07) is 12.2. The molecule has 94 valence electrons. The molecule has 2 aromatic carbocycles. The summed E-state index contributed by atoms with van der Waals surface area (Å²) in [4.78, 5) is 0. The van der Waals surface area contributed by atoms with Crippen LogP contribution in [0.4, 0.5) is 4.39 Å². The molecular formula is C15H16FNO. The molecular weight excluding hydrogens is 229 g/mol. The first-order valence-corrected chi connectivity index (χ1v) is 5.86. The van der Waals surface area contributed by atoms with E-state index in [4.69, 9.17) is 10.5 Å². The predicted molar refractivity (Wildman–Crippen MR) is 70.3 cm³/mol. The molecule has 0 bridgehead atoms. The van der Waals surface area contributed by atoms with Gasteiger partial charge in [-0.25, -0.2) is 4.39 Å². The van der Waals surface area contributed by atoms with Crippen LogP contribution in [-0.2, 0) is 0 Å². The minimum Gasteiger partial charge on any atom is -0.457 e. The fraction of sp³-hybridized carbons (Fsp3) is 0.200. The van der Waals surface area contributed by atoms with Crippen LogP contribution >= 0.6 is 0 Å². The van der Waals surface area contributed by atoms with Crippen molar-refractivity contribution in [3.63, 3.8) is 0 Å². The molecule has 0 spiro atoms. The zero-order valence-corrected chi connectivity index (χ0v) is 10.5. The standard InChI is InChI=1S/C15H16FNO/c1-10-8-15(13(11(2)17)9-14(10)16)18-12-6-4-3-5-7-12/h3-9,11H,17H2,1-2H3. The Morgan fingerprint density at radius 3 is 2.44 bits per heavy atom. The van der Waals surface area contributed by atoms with Crippen LogP contribution in [0.1, 0.15) is 24.1 Å². The molecule has 0 radical (unpaired) electrons. The highest BCUT2D eigenvalue weighted by Crippen LogP contribution is 2.31. The van der Waals surface area contributed by atoms with Gasteiger partial charge in [-0.3, -0.25) is 0 Å². The SMILES string of the molecule is Cc1cc(Oc2ccccc2)c(C(C)N)cc1F. The Bertz CT molecular complexity index is 538. The maximum absolute atomic E-state index is 13.5. The summed E-state index contributed by atoms with van der Waals surface area (Å²) in [5.74, 6) is 1.06. The second-order valence-corrected chi connectivity index (χ2v) is 4.34. The Morgan fingerprint density at radius 1 is 1.17 bits per heavy atom. The first-order valence-electron chi connectivity index (χ1n) is 5.86. The van der Waals surface area contributed by atoms with Crippen LogP contribution in [0, 0.1) is 12.7 Å². The summed E-state index contributed by atoms with van der Waals surface area (Å²) in [7, 11) is 0. The van der Waals surface area contributed by atoms with Crippen molar-refractivity contribution in [3.8, 4) is 11.5 Å². The summed E-state index contributed by atoms with van der Waals surface area (Å²) in [5, 5.41) is 0. The van der Waals surface area contributed by atoms with Crippen molar-refractivity contribution in [2.24, 2.45) is 5.73 Å². The molecule has 0 aliphatic carbocycles. The predicted octanol–water partition coefficient (Wildman–Crippen LogP) is 3.95. The lowest BCUT2D eigenvalue weighted by Crippen LogP contribution is -2.07. The molecule has 18 heavy (non-hydrogen) atoms. The molecule has 1 atom stereocenters. The topological polar surface area (TPSA) is 35.2 Å². The number of aryl methyl sites for hydroxylation is 1. The lowest BCUT2D eigenvalue weighted by Gasteiger charge is -2.15. The third kappa shape index (κ3) is 2.68. The van der Waals surface area contributed by atoms with E-state index < -0.39 is 0 Å². The second kappa shape index (κ2) is 5.19. The minimum absolute atomic E-state index is 0.261. The monoisotopic (exact) mass is 245 g/mol. The van der Waals surface area contributed by atoms with Crippen LogP contribution in [0.15, 0.2) is 42.5 Å². The van der Waals surface area contributed by atoms with E-state index in [1.165, 1.54) is 6.07 Å². The molecule has 0 amide bonds. The van der Waals surface area contributed by atoms with Crippen molar-refractivity contribution in [1.29, 1.82) is 0 Å². The summed E-state index contributed by atoms with van der Waals surface area (Å²) in [5.41, 5.74) is 7.06. The number of benzene rings is 2. The Morgan fingerprint density at radius 2 is 1.83 bits per heavy atom. The summed E-state index contributed by atoms with van der Waals surface area (Å²) < 4.78 is 19.3. The van der Waals surface area contributed by atoms with Gasteiger partial charge in [0.1, 0.15) is 17.3 Å². The number of para-hydroxylation sites is 1. The van der Waals surface area contributed by atoms with Crippen molar-refractivity contribution < 1.29 is 9.13 Å². The van der Waals surface area contributed by atoms with E-state index in [-0.39, 0.29) is 11.9 Å². The molecule has 0 fully saturated rings. The van der Waals surface area contributed by atoms with Crippen LogP contribution in [0.3, 0.4) is 0 Å². The van der Waals surface area contributed by atoms with Crippen LogP contribution in [-0.4, -0.2) is 0 Å². The Kier molecular flexibility index (Phi) is 3.63. The maximum atomic E-state index is 13.5. The Hall–Kier alpha value is -1.87. The van der Waals surface area contributed by atoms with Gasteiger partial charge in [-0.05, 0) is 43.7 Å². The zero-order chi connectivity index (χ0) is 13.1. The third-order valence-electron chi connectivity index (χ3n) is 2.75. The second-order valence-electron chi connectivity index (χ2n) is 4.34. The lowest BCUT2D eigenvalue weighted by molar-refractivity contribution is 0.468. The molecule has 0 saturated heterocycles. The average Bonchev–Trinajstić information content (AvgIpc) is 2.34. The van der Waals surface area contributed by atoms with E-state index in [0.717, 1.165) is 0 Å². The molecule has 2 N–H and O–H groups in total. The summed E-state index contributed by atoms with van der Waals surface area (Å²) in [6.45, 7) is 3.51. The molecule has 0 aromatic heterocycles. The van der Waals surface area contributed by atoms with Crippen molar-refractivity contribution in [3.05, 3.63) is 59.4 Å². The van der Waals surface area contributed by atoms with Crippen molar-refractivity contribution in [1.82, 2.24) is 0 Å². The van der Waals surface area contributed by atoms with Gasteiger partial charge in [0.05, 0.1) is 0 Å². The van der Waals surface area contributed by atoms with Crippen molar-refractivity contribution in [2.75, 3.05) is 0 Å². The van der Waals surface area contributed by atoms with E-state index in [1.54, 1.807) is 13.0 Å². The highest BCUT2D eigenvalue weighted by atomic mass is 19.1. The van der Waals surface area contributed by atoms with E-state index >= 15 is 0 Å². The maximum Gasteiger partial charge on any atom is 0.132 e. The molecule has 2 rings (SSSR count). The molecule has 2 aromatic rings. The Labute approximate surface area is 106 Å². The number of rotatable bonds is 3. The van der Waals surface area contributed by atoms with Gasteiger partial charge in [-0.2, -0.15) is 0 Å². The minimum atomic E-state index is -0.279.